The standard InChI is InChI=1S/C15H19FN2O/c16-10-7-8-12-13(9-10)18-15(19)14(12)17-11-5-3-1-2-4-6-11/h7-9,11,14,17H,1-6H2,(H,18,19). The fraction of sp³-hybridized carbons (Fsp3) is 0.533. The average Bonchev–Trinajstić information content (AvgIpc) is 2.57. The Morgan fingerprint density at radius 2 is 1.89 bits per heavy atom. The molecule has 1 fully saturated rings. The maximum absolute atomic E-state index is 13.2. The number of benzene rings is 1. The van der Waals surface area contributed by atoms with Crippen molar-refractivity contribution in [3.8, 4) is 0 Å². The molecule has 2 aliphatic rings. The SMILES string of the molecule is O=C1Nc2cc(F)ccc2C1NC1CCCCCC1. The lowest BCUT2D eigenvalue weighted by Crippen LogP contribution is -2.36. The number of halogens is 1. The van der Waals surface area contributed by atoms with Crippen LogP contribution in [0.25, 0.3) is 0 Å². The summed E-state index contributed by atoms with van der Waals surface area (Å²) >= 11 is 0. The minimum Gasteiger partial charge on any atom is -0.324 e. The minimum absolute atomic E-state index is 0.0650. The molecule has 1 heterocycles. The molecule has 4 heteroatoms. The average molecular weight is 262 g/mol. The highest BCUT2D eigenvalue weighted by atomic mass is 19.1. The molecule has 1 unspecified atom stereocenters. The van der Waals surface area contributed by atoms with Crippen molar-refractivity contribution in [2.24, 2.45) is 0 Å². The number of rotatable bonds is 2. The van der Waals surface area contributed by atoms with Gasteiger partial charge in [0, 0.05) is 17.3 Å². The van der Waals surface area contributed by atoms with E-state index >= 15 is 0 Å². The van der Waals surface area contributed by atoms with E-state index in [0.29, 0.717) is 11.7 Å². The fourth-order valence-electron chi connectivity index (χ4n) is 3.08. The summed E-state index contributed by atoms with van der Waals surface area (Å²) in [4.78, 5) is 12.0. The van der Waals surface area contributed by atoms with Crippen molar-refractivity contribution in [3.05, 3.63) is 29.6 Å². The maximum atomic E-state index is 13.2. The Kier molecular flexibility index (Phi) is 3.51. The van der Waals surface area contributed by atoms with Crippen molar-refractivity contribution in [1.82, 2.24) is 5.32 Å². The first-order valence-electron chi connectivity index (χ1n) is 7.10. The quantitative estimate of drug-likeness (QED) is 0.804. The normalized spacial score (nSPS) is 23.8. The summed E-state index contributed by atoms with van der Waals surface area (Å²) < 4.78 is 13.2. The highest BCUT2D eigenvalue weighted by Gasteiger charge is 2.32. The van der Waals surface area contributed by atoms with Gasteiger partial charge in [0.1, 0.15) is 11.9 Å². The maximum Gasteiger partial charge on any atom is 0.246 e. The molecule has 19 heavy (non-hydrogen) atoms. The Hall–Kier alpha value is -1.42. The first-order chi connectivity index (χ1) is 9.24. The van der Waals surface area contributed by atoms with Crippen molar-refractivity contribution in [1.29, 1.82) is 0 Å². The van der Waals surface area contributed by atoms with E-state index in [1.165, 1.54) is 37.8 Å². The molecular formula is C15H19FN2O. The summed E-state index contributed by atoms with van der Waals surface area (Å²) in [6, 6.07) is 4.59. The predicted molar refractivity (Wildman–Crippen MR) is 72.4 cm³/mol. The van der Waals surface area contributed by atoms with Gasteiger partial charge in [-0.15, -0.1) is 0 Å². The zero-order valence-corrected chi connectivity index (χ0v) is 10.9. The van der Waals surface area contributed by atoms with Gasteiger partial charge in [-0.1, -0.05) is 31.7 Å². The summed E-state index contributed by atoms with van der Waals surface area (Å²) in [5, 5.41) is 6.20. The van der Waals surface area contributed by atoms with Crippen LogP contribution in [0.15, 0.2) is 18.2 Å². The van der Waals surface area contributed by atoms with E-state index in [0.717, 1.165) is 18.4 Å². The van der Waals surface area contributed by atoms with Gasteiger partial charge in [0.05, 0.1) is 0 Å². The van der Waals surface area contributed by atoms with Crippen LogP contribution in [0.5, 0.6) is 0 Å². The second kappa shape index (κ2) is 5.29. The zero-order chi connectivity index (χ0) is 13.2. The van der Waals surface area contributed by atoms with Crippen molar-refractivity contribution in [2.45, 2.75) is 50.6 Å². The Morgan fingerprint density at radius 1 is 1.16 bits per heavy atom. The zero-order valence-electron chi connectivity index (χ0n) is 10.9. The van der Waals surface area contributed by atoms with E-state index < -0.39 is 0 Å². The van der Waals surface area contributed by atoms with Gasteiger partial charge in [-0.05, 0) is 25.0 Å². The number of nitrogens with one attached hydrogen (secondary N) is 2. The van der Waals surface area contributed by atoms with Crippen molar-refractivity contribution >= 4 is 11.6 Å². The van der Waals surface area contributed by atoms with Crippen LogP contribution in [0.3, 0.4) is 0 Å². The Morgan fingerprint density at radius 3 is 2.63 bits per heavy atom. The second-order valence-corrected chi connectivity index (χ2v) is 5.51. The summed E-state index contributed by atoms with van der Waals surface area (Å²) in [5.74, 6) is -0.376. The molecule has 1 aliphatic carbocycles. The van der Waals surface area contributed by atoms with Gasteiger partial charge in [-0.25, -0.2) is 4.39 Å². The molecule has 1 amide bonds. The lowest BCUT2D eigenvalue weighted by molar-refractivity contribution is -0.117. The third kappa shape index (κ3) is 2.63. The highest BCUT2D eigenvalue weighted by Crippen LogP contribution is 2.32. The number of carbonyl (C=O) groups excluding carboxylic acids is 1. The molecule has 1 aromatic rings. The molecular weight excluding hydrogens is 243 g/mol. The molecule has 102 valence electrons. The molecule has 1 aromatic carbocycles. The number of fused-ring (bicyclic) bond motifs is 1. The largest absolute Gasteiger partial charge is 0.324 e. The van der Waals surface area contributed by atoms with Crippen LogP contribution in [-0.2, 0) is 4.79 Å². The summed E-state index contributed by atoms with van der Waals surface area (Å²) in [7, 11) is 0. The Balaban J connectivity index is 1.76. The van der Waals surface area contributed by atoms with Gasteiger partial charge >= 0.3 is 0 Å². The molecule has 2 N–H and O–H groups in total. The summed E-state index contributed by atoms with van der Waals surface area (Å²) in [5.41, 5.74) is 1.48. The molecule has 0 aromatic heterocycles. The minimum atomic E-state index is -0.321. The highest BCUT2D eigenvalue weighted by molar-refractivity contribution is 6.02. The fourth-order valence-corrected chi connectivity index (χ4v) is 3.08. The summed E-state index contributed by atoms with van der Waals surface area (Å²) in [6.07, 6.45) is 7.28. The molecule has 3 rings (SSSR count). The number of hydrogen-bond donors (Lipinski definition) is 2. The number of amides is 1. The van der Waals surface area contributed by atoms with Gasteiger partial charge in [0.15, 0.2) is 0 Å². The van der Waals surface area contributed by atoms with Crippen molar-refractivity contribution in [2.75, 3.05) is 5.32 Å². The van der Waals surface area contributed by atoms with E-state index in [9.17, 15) is 9.18 Å². The van der Waals surface area contributed by atoms with Gasteiger partial charge in [0.25, 0.3) is 0 Å². The van der Waals surface area contributed by atoms with Crippen LogP contribution in [0.4, 0.5) is 10.1 Å². The number of hydrogen-bond acceptors (Lipinski definition) is 2. The predicted octanol–water partition coefficient (Wildman–Crippen LogP) is 3.13. The van der Waals surface area contributed by atoms with Crippen LogP contribution in [0.1, 0.15) is 50.1 Å². The lowest BCUT2D eigenvalue weighted by atomic mass is 10.0. The van der Waals surface area contributed by atoms with E-state index in [1.807, 2.05) is 0 Å². The third-order valence-corrected chi connectivity index (χ3v) is 4.10. The van der Waals surface area contributed by atoms with Gasteiger partial charge in [0.2, 0.25) is 5.91 Å². The van der Waals surface area contributed by atoms with Crippen LogP contribution in [0, 0.1) is 5.82 Å². The first kappa shape index (κ1) is 12.6. The molecule has 1 saturated carbocycles. The molecule has 0 saturated heterocycles. The molecule has 3 nitrogen and oxygen atoms in total. The molecule has 0 radical (unpaired) electrons. The molecule has 0 bridgehead atoms. The van der Waals surface area contributed by atoms with Crippen LogP contribution < -0.4 is 10.6 Å². The number of carbonyl (C=O) groups is 1. The van der Waals surface area contributed by atoms with Crippen LogP contribution in [-0.4, -0.2) is 11.9 Å². The van der Waals surface area contributed by atoms with Crippen LogP contribution >= 0.6 is 0 Å². The first-order valence-corrected chi connectivity index (χ1v) is 7.10. The summed E-state index contributed by atoms with van der Waals surface area (Å²) in [6.45, 7) is 0. The second-order valence-electron chi connectivity index (χ2n) is 5.51. The van der Waals surface area contributed by atoms with Crippen molar-refractivity contribution in [3.63, 3.8) is 0 Å². The lowest BCUT2D eigenvalue weighted by Gasteiger charge is -2.20. The monoisotopic (exact) mass is 262 g/mol. The Labute approximate surface area is 112 Å². The van der Waals surface area contributed by atoms with Crippen LogP contribution in [0.2, 0.25) is 0 Å². The van der Waals surface area contributed by atoms with E-state index in [-0.39, 0.29) is 17.8 Å². The van der Waals surface area contributed by atoms with E-state index in [4.69, 9.17) is 0 Å². The Bertz CT molecular complexity index is 481. The van der Waals surface area contributed by atoms with Gasteiger partial charge < -0.3 is 5.32 Å². The third-order valence-electron chi connectivity index (χ3n) is 4.10. The van der Waals surface area contributed by atoms with Crippen molar-refractivity contribution < 1.29 is 9.18 Å². The van der Waals surface area contributed by atoms with E-state index in [2.05, 4.69) is 10.6 Å². The van der Waals surface area contributed by atoms with E-state index in [1.54, 1.807) is 6.07 Å². The van der Waals surface area contributed by atoms with Gasteiger partial charge in [-0.2, -0.15) is 0 Å². The molecule has 1 atom stereocenters. The molecule has 0 spiro atoms. The number of anilines is 1. The topological polar surface area (TPSA) is 41.1 Å². The van der Waals surface area contributed by atoms with Gasteiger partial charge in [-0.3, -0.25) is 10.1 Å². The smallest absolute Gasteiger partial charge is 0.246 e. The molecule has 1 aliphatic heterocycles.